The number of ether oxygens (including phenoxy) is 2. The topological polar surface area (TPSA) is 93.2 Å². The number of halogens is 2. The van der Waals surface area contributed by atoms with Crippen LogP contribution in [0.2, 0.25) is 0 Å². The van der Waals surface area contributed by atoms with Gasteiger partial charge in [0.1, 0.15) is 11.5 Å². The van der Waals surface area contributed by atoms with Gasteiger partial charge in [0.2, 0.25) is 20.0 Å². The molecule has 0 saturated carbocycles. The van der Waals surface area contributed by atoms with Gasteiger partial charge in [-0.2, -0.15) is 17.4 Å². The number of hydrogen-bond donors (Lipinski definition) is 0. The maximum Gasteiger partial charge on any atom is 0.387 e. The molecule has 1 spiro atoms. The van der Waals surface area contributed by atoms with E-state index in [9.17, 15) is 25.6 Å². The Morgan fingerprint density at radius 2 is 1.29 bits per heavy atom. The highest BCUT2D eigenvalue weighted by Gasteiger charge is 2.50. The Bertz CT molecular complexity index is 1200. The second kappa shape index (κ2) is 9.40. The number of nitrogens with zero attached hydrogens (tertiary/aromatic N) is 2. The Morgan fingerprint density at radius 1 is 0.824 bits per heavy atom. The van der Waals surface area contributed by atoms with Gasteiger partial charge in [0.25, 0.3) is 0 Å². The number of sulfonamides is 2. The van der Waals surface area contributed by atoms with Crippen LogP contribution in [0.4, 0.5) is 8.78 Å². The first-order chi connectivity index (χ1) is 16.1. The van der Waals surface area contributed by atoms with Crippen molar-refractivity contribution < 1.29 is 35.1 Å². The van der Waals surface area contributed by atoms with Crippen molar-refractivity contribution in [2.24, 2.45) is 5.41 Å². The standard InChI is InChI=1S/C22H26F2N2O6S2/c1-2-31-17-3-7-20(8-4-17)34(29,30)26-15-22(16-26)11-13-25(14-12-22)33(27,28)19-9-5-18(6-10-19)32-21(23)24/h3-10,21H,2,11-16H2,1H3. The summed E-state index contributed by atoms with van der Waals surface area (Å²) >= 11 is 0. The Morgan fingerprint density at radius 3 is 1.76 bits per heavy atom. The van der Waals surface area contributed by atoms with Crippen LogP contribution in [0.1, 0.15) is 19.8 Å². The summed E-state index contributed by atoms with van der Waals surface area (Å²) in [7, 11) is -7.42. The minimum Gasteiger partial charge on any atom is -0.494 e. The van der Waals surface area contributed by atoms with Crippen molar-refractivity contribution in [1.82, 2.24) is 8.61 Å². The van der Waals surface area contributed by atoms with E-state index in [0.29, 0.717) is 38.3 Å². The molecule has 2 aromatic carbocycles. The molecule has 0 atom stereocenters. The summed E-state index contributed by atoms with van der Waals surface area (Å²) in [6.07, 6.45) is 1.07. The third kappa shape index (κ3) is 4.90. The zero-order valence-corrected chi connectivity index (χ0v) is 20.2. The lowest BCUT2D eigenvalue weighted by atomic mass is 9.74. The van der Waals surface area contributed by atoms with Gasteiger partial charge in [0.05, 0.1) is 16.4 Å². The molecular weight excluding hydrogens is 490 g/mol. The summed E-state index contributed by atoms with van der Waals surface area (Å²) in [6, 6.07) is 11.2. The zero-order chi connectivity index (χ0) is 24.6. The molecule has 0 unspecified atom stereocenters. The summed E-state index contributed by atoms with van der Waals surface area (Å²) < 4.78 is 88.8. The normalized spacial score (nSPS) is 19.2. The van der Waals surface area contributed by atoms with Crippen LogP contribution < -0.4 is 9.47 Å². The quantitative estimate of drug-likeness (QED) is 0.535. The first kappa shape index (κ1) is 24.8. The average molecular weight is 517 g/mol. The molecule has 0 N–H and O–H groups in total. The molecule has 2 aliphatic heterocycles. The Kier molecular flexibility index (Phi) is 6.87. The molecule has 2 fully saturated rings. The van der Waals surface area contributed by atoms with Gasteiger partial charge in [-0.05, 0) is 68.3 Å². The summed E-state index contributed by atoms with van der Waals surface area (Å²) in [4.78, 5) is 0.198. The van der Waals surface area contributed by atoms with Crippen LogP contribution >= 0.6 is 0 Å². The third-order valence-electron chi connectivity index (χ3n) is 6.27. The summed E-state index contributed by atoms with van der Waals surface area (Å²) in [5.74, 6) is 0.487. The van der Waals surface area contributed by atoms with Crippen molar-refractivity contribution in [2.75, 3.05) is 32.8 Å². The molecule has 2 aromatic rings. The van der Waals surface area contributed by atoms with Crippen LogP contribution in [-0.4, -0.2) is 64.8 Å². The smallest absolute Gasteiger partial charge is 0.387 e. The molecule has 2 saturated heterocycles. The maximum atomic E-state index is 12.9. The van der Waals surface area contributed by atoms with Gasteiger partial charge in [0.15, 0.2) is 0 Å². The number of alkyl halides is 2. The number of benzene rings is 2. The fourth-order valence-corrected chi connectivity index (χ4v) is 7.46. The molecule has 2 heterocycles. The highest BCUT2D eigenvalue weighted by atomic mass is 32.2. The van der Waals surface area contributed by atoms with Crippen LogP contribution in [0.3, 0.4) is 0 Å². The Hall–Kier alpha value is -2.28. The fraction of sp³-hybridized carbons (Fsp3) is 0.455. The molecule has 12 heteroatoms. The molecule has 4 rings (SSSR count). The number of rotatable bonds is 8. The zero-order valence-electron chi connectivity index (χ0n) is 18.6. The maximum absolute atomic E-state index is 12.9. The summed E-state index contributed by atoms with van der Waals surface area (Å²) in [6.45, 7) is 0.560. The van der Waals surface area contributed by atoms with Gasteiger partial charge in [-0.25, -0.2) is 16.8 Å². The Labute approximate surface area is 198 Å². The second-order valence-corrected chi connectivity index (χ2v) is 12.3. The fourth-order valence-electron chi connectivity index (χ4n) is 4.35. The minimum absolute atomic E-state index is 0.00150. The van der Waals surface area contributed by atoms with E-state index in [1.165, 1.54) is 45.0 Å². The molecule has 186 valence electrons. The van der Waals surface area contributed by atoms with Gasteiger partial charge in [-0.1, -0.05) is 0 Å². The molecule has 2 aliphatic rings. The largest absolute Gasteiger partial charge is 0.494 e. The molecule has 8 nitrogen and oxygen atoms in total. The lowest BCUT2D eigenvalue weighted by Gasteiger charge is -2.52. The van der Waals surface area contributed by atoms with Crippen LogP contribution in [0.25, 0.3) is 0 Å². The average Bonchev–Trinajstić information content (AvgIpc) is 2.78. The molecule has 0 radical (unpaired) electrons. The predicted molar refractivity (Wildman–Crippen MR) is 120 cm³/mol. The van der Waals surface area contributed by atoms with Crippen LogP contribution in [-0.2, 0) is 20.0 Å². The van der Waals surface area contributed by atoms with Gasteiger partial charge >= 0.3 is 6.61 Å². The van der Waals surface area contributed by atoms with E-state index in [-0.39, 0.29) is 34.0 Å². The molecule has 0 amide bonds. The van der Waals surface area contributed by atoms with Crippen LogP contribution in [0.15, 0.2) is 58.3 Å². The van der Waals surface area contributed by atoms with Gasteiger partial charge < -0.3 is 9.47 Å². The van der Waals surface area contributed by atoms with E-state index >= 15 is 0 Å². The Balaban J connectivity index is 1.36. The van der Waals surface area contributed by atoms with Crippen molar-refractivity contribution in [3.8, 4) is 11.5 Å². The van der Waals surface area contributed by atoms with Crippen molar-refractivity contribution in [2.45, 2.75) is 36.2 Å². The number of piperidine rings is 1. The van der Waals surface area contributed by atoms with E-state index in [1.807, 2.05) is 6.92 Å². The lowest BCUT2D eigenvalue weighted by Crippen LogP contribution is -2.62. The van der Waals surface area contributed by atoms with Gasteiger partial charge in [0, 0.05) is 31.6 Å². The van der Waals surface area contributed by atoms with Crippen LogP contribution in [0, 0.1) is 5.41 Å². The van der Waals surface area contributed by atoms with E-state index in [2.05, 4.69) is 4.74 Å². The third-order valence-corrected chi connectivity index (χ3v) is 9.98. The molecule has 0 aliphatic carbocycles. The lowest BCUT2D eigenvalue weighted by molar-refractivity contribution is -0.0498. The van der Waals surface area contributed by atoms with E-state index in [1.54, 1.807) is 12.1 Å². The second-order valence-electron chi connectivity index (χ2n) is 8.43. The van der Waals surface area contributed by atoms with Gasteiger partial charge in [-0.15, -0.1) is 0 Å². The van der Waals surface area contributed by atoms with Gasteiger partial charge in [-0.3, -0.25) is 0 Å². The SMILES string of the molecule is CCOc1ccc(S(=O)(=O)N2CC3(CCN(S(=O)(=O)c4ccc(OC(F)F)cc4)CC3)C2)cc1. The van der Waals surface area contributed by atoms with Crippen molar-refractivity contribution in [3.05, 3.63) is 48.5 Å². The van der Waals surface area contributed by atoms with E-state index in [4.69, 9.17) is 4.74 Å². The molecular formula is C22H26F2N2O6S2. The van der Waals surface area contributed by atoms with Crippen molar-refractivity contribution in [1.29, 1.82) is 0 Å². The van der Waals surface area contributed by atoms with Crippen molar-refractivity contribution in [3.63, 3.8) is 0 Å². The van der Waals surface area contributed by atoms with E-state index in [0.717, 1.165) is 0 Å². The highest BCUT2D eigenvalue weighted by Crippen LogP contribution is 2.44. The molecule has 0 aromatic heterocycles. The highest BCUT2D eigenvalue weighted by molar-refractivity contribution is 7.89. The van der Waals surface area contributed by atoms with E-state index < -0.39 is 26.7 Å². The summed E-state index contributed by atoms with van der Waals surface area (Å²) in [5.41, 5.74) is -0.251. The minimum atomic E-state index is -3.79. The predicted octanol–water partition coefficient (Wildman–Crippen LogP) is 3.16. The monoisotopic (exact) mass is 516 g/mol. The van der Waals surface area contributed by atoms with Crippen LogP contribution in [0.5, 0.6) is 11.5 Å². The molecule has 0 bridgehead atoms. The number of hydrogen-bond acceptors (Lipinski definition) is 6. The summed E-state index contributed by atoms with van der Waals surface area (Å²) in [5, 5.41) is 0. The first-order valence-corrected chi connectivity index (χ1v) is 13.7. The molecule has 34 heavy (non-hydrogen) atoms. The first-order valence-electron chi connectivity index (χ1n) is 10.8. The van der Waals surface area contributed by atoms with Crippen molar-refractivity contribution >= 4 is 20.0 Å².